The molecule has 0 spiro atoms. The maximum absolute atomic E-state index is 11.8. The summed E-state index contributed by atoms with van der Waals surface area (Å²) in [5.74, 6) is 1.61. The van der Waals surface area contributed by atoms with Crippen molar-refractivity contribution in [1.82, 2.24) is 20.0 Å². The molecule has 23 heavy (non-hydrogen) atoms. The second kappa shape index (κ2) is 9.75. The molecule has 0 aromatic rings. The highest BCUT2D eigenvalue weighted by molar-refractivity contribution is 5.85. The summed E-state index contributed by atoms with van der Waals surface area (Å²) >= 11 is 0. The summed E-state index contributed by atoms with van der Waals surface area (Å²) in [6.45, 7) is 14.2. The van der Waals surface area contributed by atoms with Gasteiger partial charge in [0.15, 0.2) is 5.96 Å². The first-order valence-electron chi connectivity index (χ1n) is 8.81. The van der Waals surface area contributed by atoms with Crippen LogP contribution >= 0.6 is 0 Å². The number of hydrogen-bond donors (Lipinski definition) is 1. The summed E-state index contributed by atoms with van der Waals surface area (Å²) in [6.07, 6.45) is 1.04. The lowest BCUT2D eigenvalue weighted by Crippen LogP contribution is -2.54. The summed E-state index contributed by atoms with van der Waals surface area (Å²) in [6, 6.07) is 0.358. The lowest BCUT2D eigenvalue weighted by Gasteiger charge is -2.38. The van der Waals surface area contributed by atoms with Crippen molar-refractivity contribution in [2.24, 2.45) is 10.9 Å². The smallest absolute Gasteiger partial charge is 0.243 e. The van der Waals surface area contributed by atoms with Crippen LogP contribution in [-0.4, -0.2) is 86.0 Å². The maximum Gasteiger partial charge on any atom is 0.243 e. The third-order valence-electron chi connectivity index (χ3n) is 4.15. The van der Waals surface area contributed by atoms with Gasteiger partial charge in [-0.25, -0.2) is 4.99 Å². The van der Waals surface area contributed by atoms with Gasteiger partial charge in [0.05, 0.1) is 0 Å². The summed E-state index contributed by atoms with van der Waals surface area (Å²) in [7, 11) is 3.54. The monoisotopic (exact) mass is 325 g/mol. The van der Waals surface area contributed by atoms with E-state index in [1.165, 1.54) is 0 Å². The van der Waals surface area contributed by atoms with Gasteiger partial charge in [-0.3, -0.25) is 9.69 Å². The number of nitrogens with one attached hydrogen (secondary N) is 1. The number of guanidine groups is 1. The molecule has 1 saturated heterocycles. The van der Waals surface area contributed by atoms with Crippen LogP contribution in [0.1, 0.15) is 34.1 Å². The van der Waals surface area contributed by atoms with E-state index >= 15 is 0 Å². The van der Waals surface area contributed by atoms with Crippen LogP contribution in [0.2, 0.25) is 0 Å². The number of carbonyl (C=O) groups excluding carboxylic acids is 1. The van der Waals surface area contributed by atoms with Crippen molar-refractivity contribution in [2.45, 2.75) is 40.2 Å². The van der Waals surface area contributed by atoms with Crippen molar-refractivity contribution in [3.8, 4) is 0 Å². The number of aliphatic imine (C=N–C) groups is 1. The van der Waals surface area contributed by atoms with E-state index in [1.54, 1.807) is 19.0 Å². The summed E-state index contributed by atoms with van der Waals surface area (Å²) in [4.78, 5) is 22.8. The van der Waals surface area contributed by atoms with E-state index in [-0.39, 0.29) is 12.5 Å². The van der Waals surface area contributed by atoms with Crippen LogP contribution in [0.5, 0.6) is 0 Å². The fourth-order valence-corrected chi connectivity index (χ4v) is 2.50. The second-order valence-electron chi connectivity index (χ2n) is 7.06. The van der Waals surface area contributed by atoms with Gasteiger partial charge in [0.1, 0.15) is 6.54 Å². The SMILES string of the molecule is CCC(C)NC(=NCC(=O)N(C)C)N1CCN(CC(C)C)CC1. The largest absolute Gasteiger partial charge is 0.354 e. The first-order chi connectivity index (χ1) is 10.8. The lowest BCUT2D eigenvalue weighted by atomic mass is 10.2. The Morgan fingerprint density at radius 2 is 1.78 bits per heavy atom. The second-order valence-corrected chi connectivity index (χ2v) is 7.06. The van der Waals surface area contributed by atoms with E-state index in [4.69, 9.17) is 0 Å². The van der Waals surface area contributed by atoms with Crippen LogP contribution in [-0.2, 0) is 4.79 Å². The van der Waals surface area contributed by atoms with Crippen molar-refractivity contribution in [3.63, 3.8) is 0 Å². The van der Waals surface area contributed by atoms with Crippen molar-refractivity contribution in [3.05, 3.63) is 0 Å². The average Bonchev–Trinajstić information content (AvgIpc) is 2.50. The lowest BCUT2D eigenvalue weighted by molar-refractivity contribution is -0.127. The molecule has 1 aliphatic rings. The molecule has 0 saturated carbocycles. The molecule has 0 radical (unpaired) electrons. The molecule has 0 aromatic carbocycles. The third kappa shape index (κ3) is 7.20. The molecule has 0 aromatic heterocycles. The zero-order valence-corrected chi connectivity index (χ0v) is 15.8. The number of rotatable bonds is 6. The van der Waals surface area contributed by atoms with Crippen LogP contribution < -0.4 is 5.32 Å². The molecule has 1 heterocycles. The Balaban J connectivity index is 2.66. The van der Waals surface area contributed by atoms with E-state index in [1.807, 2.05) is 0 Å². The maximum atomic E-state index is 11.8. The van der Waals surface area contributed by atoms with Gasteiger partial charge >= 0.3 is 0 Å². The molecule has 134 valence electrons. The molecule has 1 unspecified atom stereocenters. The van der Waals surface area contributed by atoms with Crippen LogP contribution in [0.15, 0.2) is 4.99 Å². The topological polar surface area (TPSA) is 51.2 Å². The number of carbonyl (C=O) groups is 1. The Morgan fingerprint density at radius 3 is 2.26 bits per heavy atom. The Morgan fingerprint density at radius 1 is 1.17 bits per heavy atom. The number of amides is 1. The zero-order chi connectivity index (χ0) is 17.4. The van der Waals surface area contributed by atoms with Crippen LogP contribution in [0, 0.1) is 5.92 Å². The Kier molecular flexibility index (Phi) is 8.37. The number of hydrogen-bond acceptors (Lipinski definition) is 3. The van der Waals surface area contributed by atoms with Crippen molar-refractivity contribution in [1.29, 1.82) is 0 Å². The molecule has 6 heteroatoms. The summed E-state index contributed by atoms with van der Waals surface area (Å²) < 4.78 is 0. The highest BCUT2D eigenvalue weighted by atomic mass is 16.2. The van der Waals surface area contributed by atoms with E-state index in [0.29, 0.717) is 12.0 Å². The van der Waals surface area contributed by atoms with Gasteiger partial charge < -0.3 is 15.1 Å². The van der Waals surface area contributed by atoms with Gasteiger partial charge in [0, 0.05) is 52.9 Å². The number of nitrogens with zero attached hydrogens (tertiary/aromatic N) is 4. The molecular weight excluding hydrogens is 290 g/mol. The minimum Gasteiger partial charge on any atom is -0.354 e. The molecule has 1 fully saturated rings. The highest BCUT2D eigenvalue weighted by Crippen LogP contribution is 2.06. The van der Waals surface area contributed by atoms with Crippen LogP contribution in [0.3, 0.4) is 0 Å². The Bertz CT molecular complexity index is 386. The van der Waals surface area contributed by atoms with Gasteiger partial charge in [0.2, 0.25) is 5.91 Å². The summed E-state index contributed by atoms with van der Waals surface area (Å²) in [5.41, 5.74) is 0. The van der Waals surface area contributed by atoms with E-state index < -0.39 is 0 Å². The Hall–Kier alpha value is -1.30. The van der Waals surface area contributed by atoms with Crippen LogP contribution in [0.4, 0.5) is 0 Å². The average molecular weight is 326 g/mol. The predicted octanol–water partition coefficient (Wildman–Crippen LogP) is 1.09. The number of likely N-dealkylation sites (N-methyl/N-ethyl adjacent to an activating group) is 1. The standard InChI is InChI=1S/C17H35N5O/c1-7-15(4)19-17(18-12-16(23)20(5)6)22-10-8-21(9-11-22)13-14(2)3/h14-15H,7-13H2,1-6H3,(H,18,19). The molecule has 1 N–H and O–H groups in total. The zero-order valence-electron chi connectivity index (χ0n) is 15.8. The first kappa shape index (κ1) is 19.7. The van der Waals surface area contributed by atoms with Gasteiger partial charge in [0.25, 0.3) is 0 Å². The van der Waals surface area contributed by atoms with Crippen molar-refractivity contribution in [2.75, 3.05) is 53.4 Å². The molecule has 6 nitrogen and oxygen atoms in total. The quantitative estimate of drug-likeness (QED) is 0.587. The molecular formula is C17H35N5O. The Labute approximate surface area is 141 Å². The van der Waals surface area contributed by atoms with Gasteiger partial charge in [-0.05, 0) is 19.3 Å². The fourth-order valence-electron chi connectivity index (χ4n) is 2.50. The van der Waals surface area contributed by atoms with E-state index in [9.17, 15) is 4.79 Å². The summed E-state index contributed by atoms with van der Waals surface area (Å²) in [5, 5.41) is 3.47. The van der Waals surface area contributed by atoms with Gasteiger partial charge in [-0.1, -0.05) is 20.8 Å². The molecule has 0 aliphatic carbocycles. The van der Waals surface area contributed by atoms with E-state index in [0.717, 1.165) is 45.1 Å². The molecule has 1 atom stereocenters. The molecule has 0 bridgehead atoms. The molecule has 1 aliphatic heterocycles. The van der Waals surface area contributed by atoms with Crippen molar-refractivity contribution < 1.29 is 4.79 Å². The van der Waals surface area contributed by atoms with Gasteiger partial charge in [-0.15, -0.1) is 0 Å². The predicted molar refractivity (Wildman–Crippen MR) is 96.7 cm³/mol. The van der Waals surface area contributed by atoms with Crippen molar-refractivity contribution >= 4 is 11.9 Å². The first-order valence-corrected chi connectivity index (χ1v) is 8.81. The van der Waals surface area contributed by atoms with Gasteiger partial charge in [-0.2, -0.15) is 0 Å². The minimum atomic E-state index is 0.0342. The third-order valence-corrected chi connectivity index (χ3v) is 4.15. The molecule has 1 amide bonds. The van der Waals surface area contributed by atoms with Crippen LogP contribution in [0.25, 0.3) is 0 Å². The number of piperazine rings is 1. The minimum absolute atomic E-state index is 0.0342. The molecule has 1 rings (SSSR count). The fraction of sp³-hybridized carbons (Fsp3) is 0.882. The highest BCUT2D eigenvalue weighted by Gasteiger charge is 2.21. The van der Waals surface area contributed by atoms with E-state index in [2.05, 4.69) is 47.8 Å². The normalized spacial score (nSPS) is 18.2.